The molecule has 158 valence electrons. The van der Waals surface area contributed by atoms with E-state index in [0.29, 0.717) is 12.2 Å². The van der Waals surface area contributed by atoms with Crippen molar-refractivity contribution in [1.82, 2.24) is 10.3 Å². The molecule has 1 aromatic carbocycles. The van der Waals surface area contributed by atoms with Crippen LogP contribution in [0.25, 0.3) is 0 Å². The summed E-state index contributed by atoms with van der Waals surface area (Å²) >= 11 is 0. The van der Waals surface area contributed by atoms with Gasteiger partial charge in [-0.15, -0.1) is 0 Å². The SMILES string of the molecule is CC(=O)NC(CC(=O)Nc1ccc(N2CCCC(C(N)=O)C2)nc1)c1ccccc1. The maximum absolute atomic E-state index is 12.5. The molecule has 1 fully saturated rings. The average molecular weight is 409 g/mol. The molecule has 30 heavy (non-hydrogen) atoms. The molecule has 0 radical (unpaired) electrons. The molecule has 3 amide bonds. The lowest BCUT2D eigenvalue weighted by Crippen LogP contribution is -2.41. The van der Waals surface area contributed by atoms with Gasteiger partial charge in [0.1, 0.15) is 5.82 Å². The Kier molecular flexibility index (Phi) is 7.00. The number of hydrogen-bond donors (Lipinski definition) is 3. The predicted molar refractivity (Wildman–Crippen MR) is 115 cm³/mol. The van der Waals surface area contributed by atoms with Crippen molar-refractivity contribution in [2.24, 2.45) is 11.7 Å². The lowest BCUT2D eigenvalue weighted by atomic mass is 9.97. The third-order valence-corrected chi connectivity index (χ3v) is 5.15. The van der Waals surface area contributed by atoms with Gasteiger partial charge in [-0.1, -0.05) is 30.3 Å². The molecule has 0 aliphatic carbocycles. The molecule has 8 heteroatoms. The van der Waals surface area contributed by atoms with Crippen molar-refractivity contribution in [2.75, 3.05) is 23.3 Å². The van der Waals surface area contributed by atoms with Gasteiger partial charge < -0.3 is 21.3 Å². The lowest BCUT2D eigenvalue weighted by molar-refractivity contribution is -0.122. The highest BCUT2D eigenvalue weighted by Crippen LogP contribution is 2.23. The molecule has 8 nitrogen and oxygen atoms in total. The first kappa shape index (κ1) is 21.3. The van der Waals surface area contributed by atoms with Crippen LogP contribution in [0.1, 0.15) is 37.8 Å². The van der Waals surface area contributed by atoms with Crippen LogP contribution in [0, 0.1) is 5.92 Å². The summed E-state index contributed by atoms with van der Waals surface area (Å²) in [7, 11) is 0. The van der Waals surface area contributed by atoms with Crippen molar-refractivity contribution in [3.05, 3.63) is 54.2 Å². The summed E-state index contributed by atoms with van der Waals surface area (Å²) < 4.78 is 0. The largest absolute Gasteiger partial charge is 0.369 e. The van der Waals surface area contributed by atoms with E-state index in [0.717, 1.165) is 30.8 Å². The van der Waals surface area contributed by atoms with Gasteiger partial charge in [0.15, 0.2) is 0 Å². The van der Waals surface area contributed by atoms with Crippen LogP contribution in [0.4, 0.5) is 11.5 Å². The molecule has 1 aromatic heterocycles. The van der Waals surface area contributed by atoms with Gasteiger partial charge in [-0.3, -0.25) is 14.4 Å². The van der Waals surface area contributed by atoms with Crippen molar-refractivity contribution in [3.8, 4) is 0 Å². The standard InChI is InChI=1S/C22H27N5O3/c1-15(28)25-19(16-6-3-2-4-7-16)12-21(29)26-18-9-10-20(24-13-18)27-11-5-8-17(14-27)22(23)30/h2-4,6-7,9-10,13,17,19H,5,8,11-12,14H2,1H3,(H2,23,30)(H,25,28)(H,26,29). The van der Waals surface area contributed by atoms with E-state index in [1.807, 2.05) is 41.3 Å². The first-order valence-corrected chi connectivity index (χ1v) is 10.0. The zero-order valence-electron chi connectivity index (χ0n) is 17.0. The Labute approximate surface area is 175 Å². The molecule has 0 bridgehead atoms. The van der Waals surface area contributed by atoms with E-state index in [1.54, 1.807) is 12.3 Å². The van der Waals surface area contributed by atoms with Gasteiger partial charge in [0.25, 0.3) is 0 Å². The van der Waals surface area contributed by atoms with Crippen LogP contribution in [0.3, 0.4) is 0 Å². The summed E-state index contributed by atoms with van der Waals surface area (Å²) in [6.45, 7) is 2.81. The lowest BCUT2D eigenvalue weighted by Gasteiger charge is -2.32. The number of amides is 3. The van der Waals surface area contributed by atoms with Crippen molar-refractivity contribution < 1.29 is 14.4 Å². The number of nitrogens with one attached hydrogen (secondary N) is 2. The Hall–Kier alpha value is -3.42. The molecule has 4 N–H and O–H groups in total. The summed E-state index contributed by atoms with van der Waals surface area (Å²) in [6, 6.07) is 12.6. The number of carbonyl (C=O) groups excluding carboxylic acids is 3. The molecule has 1 aliphatic rings. The second kappa shape index (κ2) is 9.87. The molecular formula is C22H27N5O3. The second-order valence-corrected chi connectivity index (χ2v) is 7.51. The van der Waals surface area contributed by atoms with Gasteiger partial charge >= 0.3 is 0 Å². The number of pyridine rings is 1. The topological polar surface area (TPSA) is 117 Å². The Morgan fingerprint density at radius 2 is 1.97 bits per heavy atom. The zero-order chi connectivity index (χ0) is 21.5. The Bertz CT molecular complexity index is 885. The number of aromatic nitrogens is 1. The smallest absolute Gasteiger partial charge is 0.226 e. The number of hydrogen-bond acceptors (Lipinski definition) is 5. The molecule has 2 unspecified atom stereocenters. The maximum atomic E-state index is 12.5. The minimum Gasteiger partial charge on any atom is -0.369 e. The first-order chi connectivity index (χ1) is 14.4. The fraction of sp³-hybridized carbons (Fsp3) is 0.364. The maximum Gasteiger partial charge on any atom is 0.226 e. The first-order valence-electron chi connectivity index (χ1n) is 10.0. The molecule has 0 spiro atoms. The quantitative estimate of drug-likeness (QED) is 0.646. The molecule has 3 rings (SSSR count). The number of primary amides is 1. The third-order valence-electron chi connectivity index (χ3n) is 5.15. The van der Waals surface area contributed by atoms with Crippen LogP contribution in [0.5, 0.6) is 0 Å². The molecule has 1 saturated heterocycles. The van der Waals surface area contributed by atoms with Gasteiger partial charge in [0.2, 0.25) is 17.7 Å². The van der Waals surface area contributed by atoms with Crippen LogP contribution in [0.2, 0.25) is 0 Å². The number of anilines is 2. The van der Waals surface area contributed by atoms with Crippen molar-refractivity contribution >= 4 is 29.2 Å². The van der Waals surface area contributed by atoms with E-state index < -0.39 is 6.04 Å². The summed E-state index contributed by atoms with van der Waals surface area (Å²) in [5, 5.41) is 5.65. The van der Waals surface area contributed by atoms with E-state index in [2.05, 4.69) is 15.6 Å². The molecule has 2 heterocycles. The van der Waals surface area contributed by atoms with Crippen molar-refractivity contribution in [1.29, 1.82) is 0 Å². The van der Waals surface area contributed by atoms with Crippen LogP contribution < -0.4 is 21.3 Å². The van der Waals surface area contributed by atoms with E-state index in [1.165, 1.54) is 6.92 Å². The summed E-state index contributed by atoms with van der Waals surface area (Å²) in [4.78, 5) is 42.0. The number of nitrogens with two attached hydrogens (primary N) is 1. The second-order valence-electron chi connectivity index (χ2n) is 7.51. The molecule has 2 atom stereocenters. The summed E-state index contributed by atoms with van der Waals surface area (Å²) in [6.07, 6.45) is 3.39. The Morgan fingerprint density at radius 1 is 1.20 bits per heavy atom. The summed E-state index contributed by atoms with van der Waals surface area (Å²) in [5.41, 5.74) is 6.88. The highest BCUT2D eigenvalue weighted by molar-refractivity contribution is 5.91. The van der Waals surface area contributed by atoms with Crippen LogP contribution in [-0.2, 0) is 14.4 Å². The minimum absolute atomic E-state index is 0.109. The number of carbonyl (C=O) groups is 3. The van der Waals surface area contributed by atoms with Crippen LogP contribution in [0.15, 0.2) is 48.7 Å². The zero-order valence-corrected chi connectivity index (χ0v) is 17.0. The fourth-order valence-electron chi connectivity index (χ4n) is 3.64. The van der Waals surface area contributed by atoms with E-state index >= 15 is 0 Å². The molecule has 2 aromatic rings. The summed E-state index contributed by atoms with van der Waals surface area (Å²) in [5.74, 6) is -0.115. The monoisotopic (exact) mass is 409 g/mol. The highest BCUT2D eigenvalue weighted by Gasteiger charge is 2.24. The highest BCUT2D eigenvalue weighted by atomic mass is 16.2. The van der Waals surface area contributed by atoms with Crippen LogP contribution in [-0.4, -0.2) is 35.8 Å². The van der Waals surface area contributed by atoms with E-state index in [-0.39, 0.29) is 30.1 Å². The van der Waals surface area contributed by atoms with Crippen molar-refractivity contribution in [3.63, 3.8) is 0 Å². The molecule has 1 aliphatic heterocycles. The molecule has 0 saturated carbocycles. The van der Waals surface area contributed by atoms with E-state index in [9.17, 15) is 14.4 Å². The molecular weight excluding hydrogens is 382 g/mol. The third kappa shape index (κ3) is 5.79. The average Bonchev–Trinajstić information content (AvgIpc) is 2.74. The number of nitrogens with zero attached hydrogens (tertiary/aromatic N) is 2. The van der Waals surface area contributed by atoms with Crippen LogP contribution >= 0.6 is 0 Å². The van der Waals surface area contributed by atoms with Gasteiger partial charge in [-0.2, -0.15) is 0 Å². The normalized spacial score (nSPS) is 17.1. The Morgan fingerprint density at radius 3 is 2.60 bits per heavy atom. The van der Waals surface area contributed by atoms with Crippen molar-refractivity contribution in [2.45, 2.75) is 32.2 Å². The van der Waals surface area contributed by atoms with Gasteiger partial charge in [-0.05, 0) is 30.5 Å². The van der Waals surface area contributed by atoms with Gasteiger partial charge in [0.05, 0.1) is 30.3 Å². The number of benzene rings is 1. The van der Waals surface area contributed by atoms with Gasteiger partial charge in [0, 0.05) is 20.0 Å². The minimum atomic E-state index is -0.407. The predicted octanol–water partition coefficient (Wildman–Crippen LogP) is 1.99. The fourth-order valence-corrected chi connectivity index (χ4v) is 3.64. The van der Waals surface area contributed by atoms with Gasteiger partial charge in [-0.25, -0.2) is 4.98 Å². The number of rotatable bonds is 7. The number of piperidine rings is 1. The Balaban J connectivity index is 1.61. The van der Waals surface area contributed by atoms with E-state index in [4.69, 9.17) is 5.73 Å².